The number of aromatic hydroxyl groups is 1. The first kappa shape index (κ1) is 28.6. The third kappa shape index (κ3) is 4.01. The van der Waals surface area contributed by atoms with E-state index in [0.29, 0.717) is 11.1 Å². The van der Waals surface area contributed by atoms with Gasteiger partial charge < -0.3 is 26.2 Å². The number of nitrogens with zero attached hydrogens (tertiary/aromatic N) is 1. The molecule has 1 saturated carbocycles. The van der Waals surface area contributed by atoms with Crippen LogP contribution in [-0.4, -0.2) is 68.5 Å². The number of aryl methyl sites for hydroxylation is 1. The molecule has 0 radical (unpaired) electrons. The standard InChI is InChI=1S/C32H36N2O7/c1-14-8-7-9-15(10-14)17-13-20(31(2,3)4)25(35)22-18(17)11-16-12-19-24(34(5)6)27(37)23(30(33)40)29(39)32(19,41)28(38)21(16)26(22)36/h7-10,13,16,19,24,35-36,39,41H,11-12H2,1-6H3,(H2,33,40). The number of likely N-dealkylation sites (N-methyl/N-ethyl adjacent to an activating group) is 1. The highest BCUT2D eigenvalue weighted by Crippen LogP contribution is 2.54. The van der Waals surface area contributed by atoms with E-state index in [4.69, 9.17) is 5.73 Å². The van der Waals surface area contributed by atoms with E-state index >= 15 is 0 Å². The Morgan fingerprint density at radius 2 is 1.76 bits per heavy atom. The molecule has 9 heteroatoms. The van der Waals surface area contributed by atoms with E-state index in [0.717, 1.165) is 16.7 Å². The first-order chi connectivity index (χ1) is 19.0. The van der Waals surface area contributed by atoms with Crippen LogP contribution in [0.15, 0.2) is 47.2 Å². The van der Waals surface area contributed by atoms with Crippen molar-refractivity contribution in [3.8, 4) is 16.9 Å². The number of benzene rings is 2. The zero-order valence-corrected chi connectivity index (χ0v) is 24.1. The van der Waals surface area contributed by atoms with Gasteiger partial charge in [-0.25, -0.2) is 0 Å². The zero-order valence-electron chi connectivity index (χ0n) is 24.1. The lowest BCUT2D eigenvalue weighted by molar-refractivity contribution is -0.153. The van der Waals surface area contributed by atoms with Gasteiger partial charge in [-0.1, -0.05) is 50.6 Å². The third-order valence-corrected chi connectivity index (χ3v) is 8.86. The van der Waals surface area contributed by atoms with Crippen molar-refractivity contribution in [1.82, 2.24) is 4.90 Å². The highest BCUT2D eigenvalue weighted by molar-refractivity contribution is 6.24. The summed E-state index contributed by atoms with van der Waals surface area (Å²) in [5, 5.41) is 46.2. The lowest BCUT2D eigenvalue weighted by Crippen LogP contribution is -2.65. The Hall–Kier alpha value is -3.95. The Morgan fingerprint density at radius 1 is 1.10 bits per heavy atom. The van der Waals surface area contributed by atoms with Crippen LogP contribution < -0.4 is 5.73 Å². The number of fused-ring (bicyclic) bond motifs is 3. The predicted octanol–water partition coefficient (Wildman–Crippen LogP) is 3.24. The molecule has 6 N–H and O–H groups in total. The minimum Gasteiger partial charge on any atom is -0.508 e. The monoisotopic (exact) mass is 560 g/mol. The first-order valence-corrected chi connectivity index (χ1v) is 13.6. The first-order valence-electron chi connectivity index (χ1n) is 13.6. The number of hydrogen-bond donors (Lipinski definition) is 5. The molecule has 216 valence electrons. The van der Waals surface area contributed by atoms with Gasteiger partial charge in [0.05, 0.1) is 11.6 Å². The fourth-order valence-corrected chi connectivity index (χ4v) is 6.95. The van der Waals surface area contributed by atoms with Gasteiger partial charge >= 0.3 is 0 Å². The summed E-state index contributed by atoms with van der Waals surface area (Å²) in [5.41, 5.74) is 5.24. The molecule has 2 aromatic rings. The molecule has 3 aliphatic carbocycles. The van der Waals surface area contributed by atoms with E-state index in [1.165, 1.54) is 4.90 Å². The predicted molar refractivity (Wildman–Crippen MR) is 153 cm³/mol. The molecule has 4 unspecified atom stereocenters. The number of phenols is 1. The van der Waals surface area contributed by atoms with Gasteiger partial charge in [-0.15, -0.1) is 0 Å². The molecule has 3 aliphatic rings. The van der Waals surface area contributed by atoms with Crippen molar-refractivity contribution in [2.75, 3.05) is 14.1 Å². The topological polar surface area (TPSA) is 161 Å². The molecule has 9 nitrogen and oxygen atoms in total. The largest absolute Gasteiger partial charge is 0.508 e. The summed E-state index contributed by atoms with van der Waals surface area (Å²) in [5.74, 6) is -6.56. The number of rotatable bonds is 3. The van der Waals surface area contributed by atoms with Crippen LogP contribution in [-0.2, 0) is 26.2 Å². The molecular formula is C32H36N2O7. The average Bonchev–Trinajstić information content (AvgIpc) is 2.85. The van der Waals surface area contributed by atoms with Crippen LogP contribution in [0, 0.1) is 18.8 Å². The number of carbonyl (C=O) groups excluding carboxylic acids is 3. The van der Waals surface area contributed by atoms with Gasteiger partial charge in [-0.3, -0.25) is 19.3 Å². The van der Waals surface area contributed by atoms with Crippen molar-refractivity contribution in [2.24, 2.45) is 17.6 Å². The van der Waals surface area contributed by atoms with Crippen LogP contribution in [0.4, 0.5) is 0 Å². The fourth-order valence-electron chi connectivity index (χ4n) is 6.95. The molecule has 1 amide bonds. The van der Waals surface area contributed by atoms with E-state index in [1.54, 1.807) is 14.1 Å². The maximum atomic E-state index is 14.2. The molecule has 0 bridgehead atoms. The molecule has 41 heavy (non-hydrogen) atoms. The number of ketones is 2. The number of Topliss-reactive ketones (excluding diaryl/α,β-unsaturated/α-hetero) is 2. The van der Waals surface area contributed by atoms with Crippen LogP contribution in [0.5, 0.6) is 5.75 Å². The van der Waals surface area contributed by atoms with Crippen molar-refractivity contribution in [3.63, 3.8) is 0 Å². The average molecular weight is 561 g/mol. The second kappa shape index (κ2) is 9.29. The normalized spacial score (nSPS) is 26.2. The van der Waals surface area contributed by atoms with Crippen LogP contribution in [0.25, 0.3) is 16.9 Å². The molecule has 0 heterocycles. The fraction of sp³-hybridized carbons (Fsp3) is 0.406. The molecule has 0 aliphatic heterocycles. The van der Waals surface area contributed by atoms with Gasteiger partial charge in [0, 0.05) is 17.1 Å². The van der Waals surface area contributed by atoms with Crippen molar-refractivity contribution in [1.29, 1.82) is 0 Å². The Labute approximate surface area is 238 Å². The van der Waals surface area contributed by atoms with Crippen molar-refractivity contribution in [2.45, 2.75) is 57.6 Å². The summed E-state index contributed by atoms with van der Waals surface area (Å²) in [7, 11) is 3.16. The Kier molecular flexibility index (Phi) is 6.47. The summed E-state index contributed by atoms with van der Waals surface area (Å²) >= 11 is 0. The number of nitrogens with two attached hydrogens (primary N) is 1. The molecule has 2 aromatic carbocycles. The van der Waals surface area contributed by atoms with Gasteiger partial charge in [-0.05, 0) is 68.0 Å². The third-order valence-electron chi connectivity index (χ3n) is 8.86. The number of aliphatic hydroxyl groups excluding tert-OH is 2. The Bertz CT molecular complexity index is 1590. The number of carbonyl (C=O) groups is 3. The Balaban J connectivity index is 1.81. The maximum absolute atomic E-state index is 14.2. The van der Waals surface area contributed by atoms with Gasteiger partial charge in [0.15, 0.2) is 11.4 Å². The van der Waals surface area contributed by atoms with E-state index in [2.05, 4.69) is 0 Å². The van der Waals surface area contributed by atoms with Gasteiger partial charge in [-0.2, -0.15) is 0 Å². The summed E-state index contributed by atoms with van der Waals surface area (Å²) in [6.07, 6.45) is 0.274. The Morgan fingerprint density at radius 3 is 2.32 bits per heavy atom. The molecule has 4 atom stereocenters. The quantitative estimate of drug-likeness (QED) is 0.358. The maximum Gasteiger partial charge on any atom is 0.255 e. The zero-order chi connectivity index (χ0) is 30.3. The van der Waals surface area contributed by atoms with Gasteiger partial charge in [0.1, 0.15) is 22.8 Å². The smallest absolute Gasteiger partial charge is 0.255 e. The second-order valence-electron chi connectivity index (χ2n) is 12.8. The highest BCUT2D eigenvalue weighted by atomic mass is 16.3. The van der Waals surface area contributed by atoms with Crippen LogP contribution in [0.1, 0.15) is 49.4 Å². The van der Waals surface area contributed by atoms with Crippen LogP contribution >= 0.6 is 0 Å². The number of hydrogen-bond acceptors (Lipinski definition) is 8. The molecule has 0 saturated heterocycles. The number of aliphatic hydroxyl groups is 3. The summed E-state index contributed by atoms with van der Waals surface area (Å²) in [6, 6.07) is 8.65. The van der Waals surface area contributed by atoms with E-state index in [-0.39, 0.29) is 29.7 Å². The van der Waals surface area contributed by atoms with E-state index in [1.807, 2.05) is 58.0 Å². The van der Waals surface area contributed by atoms with Crippen molar-refractivity contribution >= 4 is 23.2 Å². The lowest BCUT2D eigenvalue weighted by atomic mass is 9.57. The summed E-state index contributed by atoms with van der Waals surface area (Å²) < 4.78 is 0. The number of primary amides is 1. The molecule has 0 aromatic heterocycles. The second-order valence-corrected chi connectivity index (χ2v) is 12.8. The summed E-state index contributed by atoms with van der Waals surface area (Å²) in [4.78, 5) is 41.2. The van der Waals surface area contributed by atoms with E-state index < -0.39 is 63.5 Å². The molecule has 0 spiro atoms. The minimum absolute atomic E-state index is 0.0425. The lowest BCUT2D eigenvalue weighted by Gasteiger charge is -2.50. The minimum atomic E-state index is -2.67. The molecular weight excluding hydrogens is 524 g/mol. The van der Waals surface area contributed by atoms with Crippen molar-refractivity contribution in [3.05, 3.63) is 69.5 Å². The van der Waals surface area contributed by atoms with Gasteiger partial charge in [0.25, 0.3) is 5.91 Å². The molecule has 1 fully saturated rings. The SMILES string of the molecule is Cc1cccc(-c2cc(C(C)(C)C)c(O)c3c2CC2CC4C(N(C)C)C(=O)C(C(N)=O)=C(O)C4(O)C(=O)C2=C3O)c1. The number of phenolic OH excluding ortho intramolecular Hbond substituents is 1. The van der Waals surface area contributed by atoms with E-state index in [9.17, 15) is 34.8 Å². The van der Waals surface area contributed by atoms with Crippen LogP contribution in [0.3, 0.4) is 0 Å². The van der Waals surface area contributed by atoms with Crippen LogP contribution in [0.2, 0.25) is 0 Å². The molecule has 5 rings (SSSR count). The summed E-state index contributed by atoms with van der Waals surface area (Å²) in [6.45, 7) is 7.76. The van der Waals surface area contributed by atoms with Crippen molar-refractivity contribution < 1.29 is 34.8 Å². The van der Waals surface area contributed by atoms with Gasteiger partial charge in [0.2, 0.25) is 5.78 Å². The highest BCUT2D eigenvalue weighted by Gasteiger charge is 2.64. The number of amides is 1.